The topological polar surface area (TPSA) is 62.7 Å². The number of aromatic nitrogens is 3. The number of nitrogens with one attached hydrogen (secondary N) is 2. The molecule has 1 atom stereocenters. The molecule has 3 rings (SSSR count). The highest BCUT2D eigenvalue weighted by atomic mass is 32.1. The SMILES string of the molecule is CCCC(NC(=O)Cn1c(-c2cccc(C)c2)n[nH]c1=S)c1cccc(C(F)(F)F)c1. The Morgan fingerprint density at radius 2 is 1.97 bits per heavy atom. The Labute approximate surface area is 183 Å². The van der Waals surface area contributed by atoms with Crippen molar-refractivity contribution in [1.29, 1.82) is 0 Å². The lowest BCUT2D eigenvalue weighted by molar-refractivity contribution is -0.137. The Bertz CT molecular complexity index is 1120. The van der Waals surface area contributed by atoms with Crippen molar-refractivity contribution in [2.45, 2.75) is 45.5 Å². The number of amides is 1. The molecule has 2 aromatic carbocycles. The van der Waals surface area contributed by atoms with Crippen molar-refractivity contribution < 1.29 is 18.0 Å². The van der Waals surface area contributed by atoms with Gasteiger partial charge in [-0.25, -0.2) is 0 Å². The second-order valence-corrected chi connectivity index (χ2v) is 7.73. The van der Waals surface area contributed by atoms with Crippen LogP contribution >= 0.6 is 12.2 Å². The summed E-state index contributed by atoms with van der Waals surface area (Å²) in [6, 6.07) is 12.2. The zero-order valence-corrected chi connectivity index (χ0v) is 18.0. The number of rotatable bonds is 7. The molecule has 0 saturated heterocycles. The lowest BCUT2D eigenvalue weighted by atomic mass is 10.00. The predicted octanol–water partition coefficient (Wildman–Crippen LogP) is 5.59. The van der Waals surface area contributed by atoms with Crippen molar-refractivity contribution in [2.75, 3.05) is 0 Å². The highest BCUT2D eigenvalue weighted by molar-refractivity contribution is 7.71. The van der Waals surface area contributed by atoms with Crippen LogP contribution < -0.4 is 5.32 Å². The van der Waals surface area contributed by atoms with E-state index in [0.717, 1.165) is 23.3 Å². The van der Waals surface area contributed by atoms with Crippen LogP contribution in [0.2, 0.25) is 0 Å². The molecule has 0 spiro atoms. The monoisotopic (exact) mass is 448 g/mol. The minimum absolute atomic E-state index is 0.0994. The third-order valence-corrected chi connectivity index (χ3v) is 5.18. The number of aromatic amines is 1. The fourth-order valence-electron chi connectivity index (χ4n) is 3.40. The van der Waals surface area contributed by atoms with Gasteiger partial charge in [0.15, 0.2) is 10.6 Å². The Hall–Kier alpha value is -2.94. The lowest BCUT2D eigenvalue weighted by Gasteiger charge is -2.20. The quantitative estimate of drug-likeness (QED) is 0.463. The summed E-state index contributed by atoms with van der Waals surface area (Å²) in [5.74, 6) is 0.164. The first-order chi connectivity index (χ1) is 14.7. The van der Waals surface area contributed by atoms with E-state index in [1.807, 2.05) is 38.1 Å². The Morgan fingerprint density at radius 3 is 2.65 bits per heavy atom. The summed E-state index contributed by atoms with van der Waals surface area (Å²) >= 11 is 5.28. The van der Waals surface area contributed by atoms with E-state index in [-0.39, 0.29) is 17.2 Å². The molecule has 9 heteroatoms. The first kappa shape index (κ1) is 22.7. The zero-order valence-electron chi connectivity index (χ0n) is 17.2. The van der Waals surface area contributed by atoms with E-state index in [2.05, 4.69) is 15.5 Å². The van der Waals surface area contributed by atoms with E-state index >= 15 is 0 Å². The Kier molecular flexibility index (Phi) is 6.94. The van der Waals surface area contributed by atoms with Crippen LogP contribution in [0, 0.1) is 11.7 Å². The van der Waals surface area contributed by atoms with E-state index in [1.165, 1.54) is 6.07 Å². The molecule has 5 nitrogen and oxygen atoms in total. The van der Waals surface area contributed by atoms with Crippen LogP contribution in [0.5, 0.6) is 0 Å². The minimum atomic E-state index is -4.44. The summed E-state index contributed by atoms with van der Waals surface area (Å²) in [4.78, 5) is 12.8. The van der Waals surface area contributed by atoms with Gasteiger partial charge in [-0.05, 0) is 49.3 Å². The van der Waals surface area contributed by atoms with Gasteiger partial charge in [-0.1, -0.05) is 49.2 Å². The fourth-order valence-corrected chi connectivity index (χ4v) is 3.59. The molecule has 1 heterocycles. The number of hydrogen-bond acceptors (Lipinski definition) is 3. The third kappa shape index (κ3) is 5.61. The number of halogens is 3. The summed E-state index contributed by atoms with van der Waals surface area (Å²) in [5, 5.41) is 9.79. The molecule has 0 aliphatic heterocycles. The smallest absolute Gasteiger partial charge is 0.348 e. The van der Waals surface area contributed by atoms with Gasteiger partial charge in [0.05, 0.1) is 11.6 Å². The van der Waals surface area contributed by atoms with Crippen LogP contribution in [-0.2, 0) is 17.5 Å². The highest BCUT2D eigenvalue weighted by Crippen LogP contribution is 2.31. The van der Waals surface area contributed by atoms with Gasteiger partial charge in [-0.15, -0.1) is 0 Å². The molecule has 31 heavy (non-hydrogen) atoms. The van der Waals surface area contributed by atoms with Gasteiger partial charge in [0.1, 0.15) is 6.54 Å². The molecule has 1 unspecified atom stereocenters. The molecule has 1 amide bonds. The second-order valence-electron chi connectivity index (χ2n) is 7.34. The largest absolute Gasteiger partial charge is 0.416 e. The molecular weight excluding hydrogens is 425 g/mol. The molecule has 0 saturated carbocycles. The summed E-state index contributed by atoms with van der Waals surface area (Å²) in [5.41, 5.74) is 1.52. The number of hydrogen-bond donors (Lipinski definition) is 2. The number of nitrogens with zero attached hydrogens (tertiary/aromatic N) is 2. The molecule has 0 radical (unpaired) electrons. The highest BCUT2D eigenvalue weighted by Gasteiger charge is 2.31. The van der Waals surface area contributed by atoms with Gasteiger partial charge < -0.3 is 5.32 Å². The van der Waals surface area contributed by atoms with Crippen LogP contribution in [0.4, 0.5) is 13.2 Å². The maximum Gasteiger partial charge on any atom is 0.416 e. The van der Waals surface area contributed by atoms with Crippen molar-refractivity contribution in [1.82, 2.24) is 20.1 Å². The van der Waals surface area contributed by atoms with Crippen molar-refractivity contribution in [3.05, 3.63) is 70.0 Å². The van der Waals surface area contributed by atoms with Crippen LogP contribution in [0.3, 0.4) is 0 Å². The number of carbonyl (C=O) groups is 1. The fraction of sp³-hybridized carbons (Fsp3) is 0.318. The van der Waals surface area contributed by atoms with Crippen LogP contribution in [-0.4, -0.2) is 20.7 Å². The molecule has 0 aliphatic carbocycles. The van der Waals surface area contributed by atoms with E-state index in [0.29, 0.717) is 24.2 Å². The van der Waals surface area contributed by atoms with Crippen LogP contribution in [0.15, 0.2) is 48.5 Å². The molecule has 0 aliphatic rings. The van der Waals surface area contributed by atoms with E-state index in [4.69, 9.17) is 12.2 Å². The number of benzene rings is 2. The summed E-state index contributed by atoms with van der Waals surface area (Å²) in [7, 11) is 0. The Morgan fingerprint density at radius 1 is 1.23 bits per heavy atom. The van der Waals surface area contributed by atoms with E-state index in [1.54, 1.807) is 10.6 Å². The Balaban J connectivity index is 1.82. The number of H-pyrrole nitrogens is 1. The maximum absolute atomic E-state index is 13.1. The van der Waals surface area contributed by atoms with Gasteiger partial charge in [-0.3, -0.25) is 14.5 Å². The van der Waals surface area contributed by atoms with Gasteiger partial charge in [0.25, 0.3) is 0 Å². The zero-order chi connectivity index (χ0) is 22.6. The van der Waals surface area contributed by atoms with Crippen molar-refractivity contribution in [3.8, 4) is 11.4 Å². The first-order valence-corrected chi connectivity index (χ1v) is 10.3. The number of alkyl halides is 3. The van der Waals surface area contributed by atoms with Crippen molar-refractivity contribution in [3.63, 3.8) is 0 Å². The average molecular weight is 449 g/mol. The average Bonchev–Trinajstić information content (AvgIpc) is 3.07. The van der Waals surface area contributed by atoms with Crippen LogP contribution in [0.25, 0.3) is 11.4 Å². The molecule has 3 aromatic rings. The van der Waals surface area contributed by atoms with E-state index in [9.17, 15) is 18.0 Å². The second kappa shape index (κ2) is 9.47. The van der Waals surface area contributed by atoms with Gasteiger partial charge in [0.2, 0.25) is 5.91 Å². The van der Waals surface area contributed by atoms with Gasteiger partial charge in [0, 0.05) is 5.56 Å². The molecule has 164 valence electrons. The molecule has 2 N–H and O–H groups in total. The van der Waals surface area contributed by atoms with Crippen LogP contribution in [0.1, 0.15) is 42.5 Å². The molecule has 0 bridgehead atoms. The molecule has 0 fully saturated rings. The standard InChI is InChI=1S/C22H23F3N4OS/c1-3-6-18(15-8-5-10-17(12-15)22(23,24)25)26-19(30)13-29-20(27-28-21(29)31)16-9-4-7-14(2)11-16/h4-5,7-12,18H,3,6,13H2,1-2H3,(H,26,30)(H,28,31). The van der Waals surface area contributed by atoms with Crippen molar-refractivity contribution in [2.24, 2.45) is 0 Å². The van der Waals surface area contributed by atoms with Gasteiger partial charge >= 0.3 is 6.18 Å². The number of aryl methyl sites for hydroxylation is 1. The first-order valence-electron chi connectivity index (χ1n) is 9.87. The summed E-state index contributed by atoms with van der Waals surface area (Å²) in [6.07, 6.45) is -3.24. The molecular formula is C22H23F3N4OS. The third-order valence-electron chi connectivity index (χ3n) is 4.87. The lowest BCUT2D eigenvalue weighted by Crippen LogP contribution is -2.32. The van der Waals surface area contributed by atoms with E-state index < -0.39 is 17.8 Å². The molecule has 1 aromatic heterocycles. The minimum Gasteiger partial charge on any atom is -0.348 e. The summed E-state index contributed by atoms with van der Waals surface area (Å²) < 4.78 is 41.2. The maximum atomic E-state index is 13.1. The summed E-state index contributed by atoms with van der Waals surface area (Å²) in [6.45, 7) is 3.76. The number of carbonyl (C=O) groups excluding carboxylic acids is 1. The van der Waals surface area contributed by atoms with Gasteiger partial charge in [-0.2, -0.15) is 18.3 Å². The normalized spacial score (nSPS) is 12.5. The van der Waals surface area contributed by atoms with Crippen molar-refractivity contribution >= 4 is 18.1 Å². The predicted molar refractivity (Wildman–Crippen MR) is 115 cm³/mol.